The summed E-state index contributed by atoms with van der Waals surface area (Å²) in [5.74, 6) is 3.00. The predicted molar refractivity (Wildman–Crippen MR) is 131 cm³/mol. The molecule has 0 saturated carbocycles. The molecular weight excluding hydrogens is 430 g/mol. The quantitative estimate of drug-likeness (QED) is 0.499. The Morgan fingerprint density at radius 3 is 2.74 bits per heavy atom. The van der Waals surface area contributed by atoms with Gasteiger partial charge in [0.15, 0.2) is 11.5 Å². The molecule has 2 aromatic carbocycles. The van der Waals surface area contributed by atoms with E-state index in [1.807, 2.05) is 42.2 Å². The largest absolute Gasteiger partial charge is 0.496 e. The van der Waals surface area contributed by atoms with Crippen molar-refractivity contribution in [2.24, 2.45) is 5.92 Å². The summed E-state index contributed by atoms with van der Waals surface area (Å²) < 4.78 is 22.9. The molecule has 2 aliphatic heterocycles. The van der Waals surface area contributed by atoms with Crippen molar-refractivity contribution in [2.75, 3.05) is 27.1 Å². The summed E-state index contributed by atoms with van der Waals surface area (Å²) in [4.78, 5) is 15.0. The molecule has 1 saturated heterocycles. The first-order chi connectivity index (χ1) is 16.5. The predicted octanol–water partition coefficient (Wildman–Crippen LogP) is 5.33. The van der Waals surface area contributed by atoms with Gasteiger partial charge in [0.05, 0.1) is 13.2 Å². The van der Waals surface area contributed by atoms with Gasteiger partial charge in [-0.15, -0.1) is 0 Å². The highest BCUT2D eigenvalue weighted by atomic mass is 16.7. The number of rotatable bonds is 9. The van der Waals surface area contributed by atoms with Crippen molar-refractivity contribution in [1.82, 2.24) is 4.90 Å². The molecule has 0 aromatic heterocycles. The summed E-state index contributed by atoms with van der Waals surface area (Å²) in [6.07, 6.45) is 3.35. The van der Waals surface area contributed by atoms with Crippen LogP contribution in [0.2, 0.25) is 0 Å². The second kappa shape index (κ2) is 10.7. The van der Waals surface area contributed by atoms with Crippen LogP contribution in [0.5, 0.6) is 17.2 Å². The maximum absolute atomic E-state index is 13.0. The smallest absolute Gasteiger partial charge is 0.231 e. The maximum atomic E-state index is 13.0. The number of amides is 1. The Labute approximate surface area is 203 Å². The molecule has 2 aliphatic rings. The van der Waals surface area contributed by atoms with Gasteiger partial charge in [0, 0.05) is 37.1 Å². The first kappa shape index (κ1) is 24.4. The highest BCUT2D eigenvalue weighted by Crippen LogP contribution is 2.45. The third-order valence-electron chi connectivity index (χ3n) is 7.25. The van der Waals surface area contributed by atoms with E-state index < -0.39 is 0 Å². The average molecular weight is 468 g/mol. The topological polar surface area (TPSA) is 57.2 Å². The van der Waals surface area contributed by atoms with E-state index in [2.05, 4.69) is 26.0 Å². The molecule has 2 heterocycles. The highest BCUT2D eigenvalue weighted by Gasteiger charge is 2.41. The van der Waals surface area contributed by atoms with Crippen molar-refractivity contribution in [3.05, 3.63) is 53.6 Å². The lowest BCUT2D eigenvalue weighted by Crippen LogP contribution is -2.44. The molecule has 0 bridgehead atoms. The summed E-state index contributed by atoms with van der Waals surface area (Å²) >= 11 is 0. The Kier molecular flexibility index (Phi) is 7.67. The summed E-state index contributed by atoms with van der Waals surface area (Å²) in [6, 6.07) is 14.3. The van der Waals surface area contributed by atoms with E-state index >= 15 is 0 Å². The number of fused-ring (bicyclic) bond motifs is 1. The summed E-state index contributed by atoms with van der Waals surface area (Å²) in [7, 11) is 1.73. The van der Waals surface area contributed by atoms with Crippen LogP contribution >= 0.6 is 0 Å². The van der Waals surface area contributed by atoms with Gasteiger partial charge in [0.2, 0.25) is 12.7 Å². The number of para-hydroxylation sites is 1. The van der Waals surface area contributed by atoms with Crippen LogP contribution in [0.25, 0.3) is 0 Å². The number of nitrogens with zero attached hydrogens (tertiary/aromatic N) is 1. The minimum Gasteiger partial charge on any atom is -0.496 e. The molecular formula is C28H37NO5. The van der Waals surface area contributed by atoms with Crippen molar-refractivity contribution in [3.63, 3.8) is 0 Å². The lowest BCUT2D eigenvalue weighted by atomic mass is 9.68. The van der Waals surface area contributed by atoms with Crippen molar-refractivity contribution in [2.45, 2.75) is 64.5 Å². The van der Waals surface area contributed by atoms with Crippen LogP contribution in [0.15, 0.2) is 42.5 Å². The van der Waals surface area contributed by atoms with E-state index in [-0.39, 0.29) is 24.2 Å². The SMILES string of the molecule is CCC(=O)N(CC[C@@]1(c2ccccc2OC)CCO[C@H](C(C)C)C1)Cc1ccc2c(c1)OCO2. The molecule has 0 unspecified atom stereocenters. The molecule has 0 spiro atoms. The first-order valence-electron chi connectivity index (χ1n) is 12.4. The van der Waals surface area contributed by atoms with E-state index in [4.69, 9.17) is 18.9 Å². The van der Waals surface area contributed by atoms with Crippen molar-refractivity contribution >= 4 is 5.91 Å². The summed E-state index contributed by atoms with van der Waals surface area (Å²) in [5.41, 5.74) is 2.16. The molecule has 0 N–H and O–H groups in total. The number of hydrogen-bond donors (Lipinski definition) is 0. The van der Waals surface area contributed by atoms with Crippen LogP contribution in [0, 0.1) is 5.92 Å². The summed E-state index contributed by atoms with van der Waals surface area (Å²) in [5, 5.41) is 0. The Balaban J connectivity index is 1.59. The van der Waals surface area contributed by atoms with Crippen LogP contribution in [-0.2, 0) is 21.5 Å². The molecule has 2 aromatic rings. The molecule has 34 heavy (non-hydrogen) atoms. The molecule has 0 aliphatic carbocycles. The maximum Gasteiger partial charge on any atom is 0.231 e. The third-order valence-corrected chi connectivity index (χ3v) is 7.25. The zero-order chi connectivity index (χ0) is 24.1. The molecule has 1 amide bonds. The monoisotopic (exact) mass is 467 g/mol. The van der Waals surface area contributed by atoms with Gasteiger partial charge in [-0.1, -0.05) is 45.0 Å². The van der Waals surface area contributed by atoms with Gasteiger partial charge in [0.25, 0.3) is 0 Å². The standard InChI is InChI=1S/C28H37NO5/c1-5-27(30)29(18-21-10-11-24-25(16-21)34-19-33-24)14-12-28(13-15-32-26(17-28)20(2)3)22-8-6-7-9-23(22)31-4/h6-11,16,20,26H,5,12-15,17-19H2,1-4H3/t26-,28+/m0/s1. The van der Waals surface area contributed by atoms with Gasteiger partial charge < -0.3 is 23.8 Å². The van der Waals surface area contributed by atoms with Crippen molar-refractivity contribution in [3.8, 4) is 17.2 Å². The van der Waals surface area contributed by atoms with Gasteiger partial charge >= 0.3 is 0 Å². The number of hydrogen-bond acceptors (Lipinski definition) is 5. The Bertz CT molecular complexity index is 991. The number of ether oxygens (including phenoxy) is 4. The Hall–Kier alpha value is -2.73. The van der Waals surface area contributed by atoms with Crippen LogP contribution in [0.4, 0.5) is 0 Å². The number of carbonyl (C=O) groups excluding carboxylic acids is 1. The average Bonchev–Trinajstić information content (AvgIpc) is 3.34. The zero-order valence-electron chi connectivity index (χ0n) is 20.8. The van der Waals surface area contributed by atoms with Crippen molar-refractivity contribution < 1.29 is 23.7 Å². The van der Waals surface area contributed by atoms with Gasteiger partial charge in [-0.2, -0.15) is 0 Å². The fraction of sp³-hybridized carbons (Fsp3) is 0.536. The van der Waals surface area contributed by atoms with Crippen LogP contribution in [0.1, 0.15) is 57.6 Å². The fourth-order valence-electron chi connectivity index (χ4n) is 5.19. The van der Waals surface area contributed by atoms with E-state index in [9.17, 15) is 4.79 Å². The number of carbonyl (C=O) groups is 1. The highest BCUT2D eigenvalue weighted by molar-refractivity contribution is 5.75. The van der Waals surface area contributed by atoms with E-state index in [1.165, 1.54) is 5.56 Å². The molecule has 0 radical (unpaired) electrons. The second-order valence-electron chi connectivity index (χ2n) is 9.69. The lowest BCUT2D eigenvalue weighted by Gasteiger charge is -2.44. The first-order valence-corrected chi connectivity index (χ1v) is 12.4. The van der Waals surface area contributed by atoms with Crippen LogP contribution < -0.4 is 14.2 Å². The molecule has 6 heteroatoms. The Morgan fingerprint density at radius 1 is 1.18 bits per heavy atom. The summed E-state index contributed by atoms with van der Waals surface area (Å²) in [6.45, 7) is 8.54. The molecule has 2 atom stereocenters. The molecule has 6 nitrogen and oxygen atoms in total. The molecule has 184 valence electrons. The minimum atomic E-state index is -0.110. The number of methoxy groups -OCH3 is 1. The van der Waals surface area contributed by atoms with E-state index in [0.29, 0.717) is 32.0 Å². The van der Waals surface area contributed by atoms with Crippen molar-refractivity contribution in [1.29, 1.82) is 0 Å². The molecule has 1 fully saturated rings. The van der Waals surface area contributed by atoms with E-state index in [0.717, 1.165) is 42.1 Å². The third kappa shape index (κ3) is 5.17. The van der Waals surface area contributed by atoms with Crippen LogP contribution in [-0.4, -0.2) is 44.0 Å². The van der Waals surface area contributed by atoms with Gasteiger partial charge in [-0.25, -0.2) is 0 Å². The van der Waals surface area contributed by atoms with Gasteiger partial charge in [0.1, 0.15) is 5.75 Å². The second-order valence-corrected chi connectivity index (χ2v) is 9.69. The fourth-order valence-corrected chi connectivity index (χ4v) is 5.19. The lowest BCUT2D eigenvalue weighted by molar-refractivity contribution is -0.132. The number of benzene rings is 2. The molecule has 4 rings (SSSR count). The van der Waals surface area contributed by atoms with Gasteiger partial charge in [-0.05, 0) is 48.9 Å². The van der Waals surface area contributed by atoms with Crippen LogP contribution in [0.3, 0.4) is 0 Å². The van der Waals surface area contributed by atoms with E-state index in [1.54, 1.807) is 7.11 Å². The Morgan fingerprint density at radius 2 is 1.97 bits per heavy atom. The van der Waals surface area contributed by atoms with Gasteiger partial charge in [-0.3, -0.25) is 4.79 Å². The normalized spacial score (nSPS) is 21.5. The zero-order valence-corrected chi connectivity index (χ0v) is 20.8. The minimum absolute atomic E-state index is 0.110.